The number of furan rings is 1. The maximum atomic E-state index is 6.00. The lowest BCUT2D eigenvalue weighted by Crippen LogP contribution is -1.78. The van der Waals surface area contributed by atoms with Crippen molar-refractivity contribution in [3.8, 4) is 11.1 Å². The van der Waals surface area contributed by atoms with Gasteiger partial charge in [-0.25, -0.2) is 0 Å². The van der Waals surface area contributed by atoms with E-state index in [0.29, 0.717) is 0 Å². The molecule has 20 heavy (non-hydrogen) atoms. The van der Waals surface area contributed by atoms with Crippen LogP contribution in [-0.4, -0.2) is 4.98 Å². The highest BCUT2D eigenvalue weighted by atomic mass is 35.5. The van der Waals surface area contributed by atoms with Gasteiger partial charge in [0.15, 0.2) is 0 Å². The molecule has 4 aromatic rings. The Hall–Kier alpha value is -2.32. The first kappa shape index (κ1) is 11.5. The highest BCUT2D eigenvalue weighted by Crippen LogP contribution is 2.35. The number of nitrogens with zero attached hydrogens (tertiary/aromatic N) is 1. The molecule has 0 aliphatic rings. The number of aromatic nitrogens is 1. The van der Waals surface area contributed by atoms with Crippen molar-refractivity contribution in [3.63, 3.8) is 0 Å². The summed E-state index contributed by atoms with van der Waals surface area (Å²) >= 11 is 5.95. The number of hydrogen-bond acceptors (Lipinski definition) is 2. The first-order valence-electron chi connectivity index (χ1n) is 6.34. The van der Waals surface area contributed by atoms with Crippen LogP contribution in [-0.2, 0) is 0 Å². The number of benzene rings is 2. The smallest absolute Gasteiger partial charge is 0.143 e. The van der Waals surface area contributed by atoms with Gasteiger partial charge in [0.1, 0.15) is 11.2 Å². The molecule has 0 aliphatic heterocycles. The molecule has 0 N–H and O–H groups in total. The Balaban J connectivity index is 2.07. The van der Waals surface area contributed by atoms with Crippen molar-refractivity contribution in [2.45, 2.75) is 0 Å². The van der Waals surface area contributed by atoms with Crippen molar-refractivity contribution < 1.29 is 4.42 Å². The fraction of sp³-hybridized carbons (Fsp3) is 0. The van der Waals surface area contributed by atoms with Gasteiger partial charge in [0.2, 0.25) is 0 Å². The maximum Gasteiger partial charge on any atom is 0.143 e. The Morgan fingerprint density at radius 3 is 2.60 bits per heavy atom. The average Bonchev–Trinajstić information content (AvgIpc) is 2.87. The Labute approximate surface area is 120 Å². The van der Waals surface area contributed by atoms with Crippen LogP contribution in [0.1, 0.15) is 0 Å². The summed E-state index contributed by atoms with van der Waals surface area (Å²) in [7, 11) is 0. The van der Waals surface area contributed by atoms with E-state index in [2.05, 4.69) is 17.1 Å². The van der Waals surface area contributed by atoms with Gasteiger partial charge in [0.25, 0.3) is 0 Å². The zero-order valence-electron chi connectivity index (χ0n) is 10.5. The molecule has 0 unspecified atom stereocenters. The zero-order valence-corrected chi connectivity index (χ0v) is 11.3. The third-order valence-electron chi connectivity index (χ3n) is 3.45. The standard InChI is InChI=1S/C17H10ClNO/c18-12-6-4-11(5-7-12)13-2-1-3-14-15-10-19-9-8-16(15)20-17(13)14/h1-10H. The van der Waals surface area contributed by atoms with Gasteiger partial charge in [0.05, 0.1) is 0 Å². The normalized spacial score (nSPS) is 11.2. The number of rotatable bonds is 1. The van der Waals surface area contributed by atoms with Gasteiger partial charge >= 0.3 is 0 Å². The van der Waals surface area contributed by atoms with Gasteiger partial charge in [-0.05, 0) is 23.8 Å². The lowest BCUT2D eigenvalue weighted by atomic mass is 10.0. The Bertz CT molecular complexity index is 909. The first-order valence-corrected chi connectivity index (χ1v) is 6.72. The number of halogens is 1. The number of hydrogen-bond donors (Lipinski definition) is 0. The highest BCUT2D eigenvalue weighted by molar-refractivity contribution is 6.30. The molecular weight excluding hydrogens is 270 g/mol. The van der Waals surface area contributed by atoms with E-state index in [9.17, 15) is 0 Å². The topological polar surface area (TPSA) is 26.0 Å². The van der Waals surface area contributed by atoms with Gasteiger partial charge in [-0.1, -0.05) is 41.9 Å². The number of para-hydroxylation sites is 1. The van der Waals surface area contributed by atoms with Crippen molar-refractivity contribution in [1.29, 1.82) is 0 Å². The van der Waals surface area contributed by atoms with Crippen molar-refractivity contribution in [2.24, 2.45) is 0 Å². The van der Waals surface area contributed by atoms with Crippen LogP contribution in [0.3, 0.4) is 0 Å². The number of fused-ring (bicyclic) bond motifs is 3. The molecule has 0 atom stereocenters. The number of pyridine rings is 1. The van der Waals surface area contributed by atoms with Crippen LogP contribution >= 0.6 is 11.6 Å². The van der Waals surface area contributed by atoms with E-state index < -0.39 is 0 Å². The first-order chi connectivity index (χ1) is 9.83. The van der Waals surface area contributed by atoms with Crippen molar-refractivity contribution in [2.75, 3.05) is 0 Å². The second-order valence-corrected chi connectivity index (χ2v) is 5.10. The van der Waals surface area contributed by atoms with Gasteiger partial charge in [0, 0.05) is 33.8 Å². The molecule has 3 heteroatoms. The van der Waals surface area contributed by atoms with Gasteiger partial charge in [-0.3, -0.25) is 4.98 Å². The molecule has 0 bridgehead atoms. The minimum Gasteiger partial charge on any atom is -0.455 e. The Kier molecular flexibility index (Phi) is 2.51. The van der Waals surface area contributed by atoms with Crippen LogP contribution in [0.4, 0.5) is 0 Å². The fourth-order valence-electron chi connectivity index (χ4n) is 2.50. The predicted molar refractivity (Wildman–Crippen MR) is 82.0 cm³/mol. The van der Waals surface area contributed by atoms with Crippen LogP contribution in [0.15, 0.2) is 65.3 Å². The van der Waals surface area contributed by atoms with E-state index in [-0.39, 0.29) is 0 Å². The Morgan fingerprint density at radius 2 is 1.75 bits per heavy atom. The van der Waals surface area contributed by atoms with Gasteiger partial charge in [-0.2, -0.15) is 0 Å². The second-order valence-electron chi connectivity index (χ2n) is 4.66. The molecule has 96 valence electrons. The summed E-state index contributed by atoms with van der Waals surface area (Å²) in [4.78, 5) is 4.17. The van der Waals surface area contributed by atoms with E-state index in [1.165, 1.54) is 0 Å². The predicted octanol–water partition coefficient (Wildman–Crippen LogP) is 5.30. The van der Waals surface area contributed by atoms with Gasteiger partial charge in [-0.15, -0.1) is 0 Å². The largest absolute Gasteiger partial charge is 0.455 e. The maximum absolute atomic E-state index is 6.00. The summed E-state index contributed by atoms with van der Waals surface area (Å²) in [5.74, 6) is 0. The minimum absolute atomic E-state index is 0.731. The van der Waals surface area contributed by atoms with Crippen LogP contribution in [0, 0.1) is 0 Å². The molecule has 2 aromatic carbocycles. The van der Waals surface area contributed by atoms with Crippen molar-refractivity contribution in [1.82, 2.24) is 4.98 Å². The monoisotopic (exact) mass is 279 g/mol. The molecule has 0 radical (unpaired) electrons. The van der Waals surface area contributed by atoms with E-state index in [1.54, 1.807) is 6.20 Å². The quantitative estimate of drug-likeness (QED) is 0.472. The third-order valence-corrected chi connectivity index (χ3v) is 3.71. The summed E-state index contributed by atoms with van der Waals surface area (Å²) < 4.78 is 6.00. The van der Waals surface area contributed by atoms with Crippen LogP contribution in [0.25, 0.3) is 33.1 Å². The van der Waals surface area contributed by atoms with E-state index in [4.69, 9.17) is 16.0 Å². The summed E-state index contributed by atoms with van der Waals surface area (Å²) in [5, 5.41) is 2.86. The molecule has 0 saturated heterocycles. The molecule has 2 heterocycles. The summed E-state index contributed by atoms with van der Waals surface area (Å²) in [5.41, 5.74) is 3.90. The molecule has 0 saturated carbocycles. The van der Waals surface area contributed by atoms with Crippen molar-refractivity contribution in [3.05, 3.63) is 65.9 Å². The van der Waals surface area contributed by atoms with Crippen molar-refractivity contribution >= 4 is 33.5 Å². The zero-order chi connectivity index (χ0) is 13.5. The van der Waals surface area contributed by atoms with Crippen LogP contribution < -0.4 is 0 Å². The third kappa shape index (κ3) is 1.69. The lowest BCUT2D eigenvalue weighted by molar-refractivity contribution is 0.669. The van der Waals surface area contributed by atoms with Crippen LogP contribution in [0.2, 0.25) is 5.02 Å². The summed E-state index contributed by atoms with van der Waals surface area (Å²) in [6, 6.07) is 15.8. The lowest BCUT2D eigenvalue weighted by Gasteiger charge is -2.02. The molecule has 0 fully saturated rings. The Morgan fingerprint density at radius 1 is 0.900 bits per heavy atom. The highest BCUT2D eigenvalue weighted by Gasteiger charge is 2.11. The minimum atomic E-state index is 0.731. The second kappa shape index (κ2) is 4.36. The molecule has 2 aromatic heterocycles. The molecule has 2 nitrogen and oxygen atoms in total. The van der Waals surface area contributed by atoms with Crippen LogP contribution in [0.5, 0.6) is 0 Å². The fourth-order valence-corrected chi connectivity index (χ4v) is 2.62. The van der Waals surface area contributed by atoms with E-state index in [1.807, 2.05) is 42.6 Å². The van der Waals surface area contributed by atoms with E-state index in [0.717, 1.165) is 38.1 Å². The average molecular weight is 280 g/mol. The SMILES string of the molecule is Clc1ccc(-c2cccc3c2oc2ccncc23)cc1. The molecule has 0 spiro atoms. The molecule has 0 amide bonds. The summed E-state index contributed by atoms with van der Waals surface area (Å²) in [6.45, 7) is 0. The molecular formula is C17H10ClNO. The summed E-state index contributed by atoms with van der Waals surface area (Å²) in [6.07, 6.45) is 3.58. The van der Waals surface area contributed by atoms with Gasteiger partial charge < -0.3 is 4.42 Å². The molecule has 4 rings (SSSR count). The van der Waals surface area contributed by atoms with E-state index >= 15 is 0 Å². The molecule has 0 aliphatic carbocycles.